The van der Waals surface area contributed by atoms with E-state index in [-0.39, 0.29) is 0 Å². The summed E-state index contributed by atoms with van der Waals surface area (Å²) in [4.78, 5) is 4.55. The molecule has 2 N–H and O–H groups in total. The van der Waals surface area contributed by atoms with Gasteiger partial charge in [-0.05, 0) is 37.3 Å². The van der Waals surface area contributed by atoms with E-state index in [1.807, 2.05) is 49.4 Å². The van der Waals surface area contributed by atoms with Gasteiger partial charge in [-0.15, -0.1) is 0 Å². The molecule has 0 aliphatic rings. The minimum atomic E-state index is 0.725. The Morgan fingerprint density at radius 3 is 2.79 bits per heavy atom. The molecule has 3 rings (SSSR count). The molecule has 0 bridgehead atoms. The SMILES string of the molecule is COc1cccc(-n2c(C)nc3cc(N)ccc32)c1. The monoisotopic (exact) mass is 253 g/mol. The van der Waals surface area contributed by atoms with Crippen molar-refractivity contribution in [3.8, 4) is 11.4 Å². The van der Waals surface area contributed by atoms with Crippen LogP contribution < -0.4 is 10.5 Å². The van der Waals surface area contributed by atoms with Crippen LogP contribution in [0.5, 0.6) is 5.75 Å². The molecule has 4 heteroatoms. The molecule has 1 heterocycles. The highest BCUT2D eigenvalue weighted by Crippen LogP contribution is 2.25. The number of benzene rings is 2. The van der Waals surface area contributed by atoms with Gasteiger partial charge in [0.1, 0.15) is 11.6 Å². The molecule has 0 spiro atoms. The van der Waals surface area contributed by atoms with Crippen LogP contribution in [0.4, 0.5) is 5.69 Å². The molecule has 0 aliphatic heterocycles. The first-order valence-corrected chi connectivity index (χ1v) is 6.08. The summed E-state index contributed by atoms with van der Waals surface area (Å²) in [5, 5.41) is 0. The number of aromatic nitrogens is 2. The van der Waals surface area contributed by atoms with Gasteiger partial charge in [0.15, 0.2) is 0 Å². The van der Waals surface area contributed by atoms with Crippen LogP contribution in [0.25, 0.3) is 16.7 Å². The van der Waals surface area contributed by atoms with Gasteiger partial charge >= 0.3 is 0 Å². The summed E-state index contributed by atoms with van der Waals surface area (Å²) in [7, 11) is 1.67. The molecular weight excluding hydrogens is 238 g/mol. The van der Waals surface area contributed by atoms with E-state index < -0.39 is 0 Å². The van der Waals surface area contributed by atoms with Crippen LogP contribution >= 0.6 is 0 Å². The molecule has 0 amide bonds. The number of imidazole rings is 1. The van der Waals surface area contributed by atoms with Gasteiger partial charge in [-0.1, -0.05) is 6.07 Å². The Balaban J connectivity index is 2.26. The van der Waals surface area contributed by atoms with E-state index in [9.17, 15) is 0 Å². The summed E-state index contributed by atoms with van der Waals surface area (Å²) in [6.07, 6.45) is 0. The number of methoxy groups -OCH3 is 1. The maximum absolute atomic E-state index is 5.80. The Morgan fingerprint density at radius 1 is 1.16 bits per heavy atom. The zero-order valence-electron chi connectivity index (χ0n) is 10.9. The summed E-state index contributed by atoms with van der Waals surface area (Å²) in [6, 6.07) is 13.7. The van der Waals surface area contributed by atoms with Crippen LogP contribution in [0.1, 0.15) is 5.82 Å². The van der Waals surface area contributed by atoms with Gasteiger partial charge in [0.2, 0.25) is 0 Å². The average Bonchev–Trinajstić information content (AvgIpc) is 2.73. The second kappa shape index (κ2) is 4.31. The summed E-state index contributed by atoms with van der Waals surface area (Å²) < 4.78 is 7.36. The highest BCUT2D eigenvalue weighted by atomic mass is 16.5. The fraction of sp³-hybridized carbons (Fsp3) is 0.133. The molecule has 0 atom stereocenters. The first kappa shape index (κ1) is 11.6. The Hall–Kier alpha value is -2.49. The summed E-state index contributed by atoms with van der Waals surface area (Å²) in [5.74, 6) is 1.75. The standard InChI is InChI=1S/C15H15N3O/c1-10-17-14-8-11(16)6-7-15(14)18(10)12-4-3-5-13(9-12)19-2/h3-9H,16H2,1-2H3. The Morgan fingerprint density at radius 2 is 2.00 bits per heavy atom. The lowest BCUT2D eigenvalue weighted by molar-refractivity contribution is 0.414. The van der Waals surface area contributed by atoms with Crippen molar-refractivity contribution >= 4 is 16.7 Å². The average molecular weight is 253 g/mol. The lowest BCUT2D eigenvalue weighted by Crippen LogP contribution is -1.97. The molecule has 2 aromatic carbocycles. The van der Waals surface area contributed by atoms with E-state index >= 15 is 0 Å². The Bertz CT molecular complexity index is 746. The van der Waals surface area contributed by atoms with Gasteiger partial charge in [-0.25, -0.2) is 4.98 Å². The molecule has 3 aromatic rings. The molecule has 0 unspecified atom stereocenters. The number of nitrogens with zero attached hydrogens (tertiary/aromatic N) is 2. The third kappa shape index (κ3) is 1.91. The minimum absolute atomic E-state index is 0.725. The number of nitrogens with two attached hydrogens (primary N) is 1. The second-order valence-electron chi connectivity index (χ2n) is 4.44. The van der Waals surface area contributed by atoms with Crippen LogP contribution in [-0.4, -0.2) is 16.7 Å². The molecule has 1 aromatic heterocycles. The van der Waals surface area contributed by atoms with Crippen molar-refractivity contribution in [3.05, 3.63) is 48.3 Å². The van der Waals surface area contributed by atoms with Crippen molar-refractivity contribution in [2.45, 2.75) is 6.92 Å². The molecular formula is C15H15N3O. The number of hydrogen-bond acceptors (Lipinski definition) is 3. The lowest BCUT2D eigenvalue weighted by Gasteiger charge is -2.08. The number of hydrogen-bond donors (Lipinski definition) is 1. The maximum atomic E-state index is 5.80. The number of rotatable bonds is 2. The first-order chi connectivity index (χ1) is 9.19. The quantitative estimate of drug-likeness (QED) is 0.714. The fourth-order valence-corrected chi connectivity index (χ4v) is 2.29. The number of ether oxygens (including phenoxy) is 1. The van der Waals surface area contributed by atoms with Gasteiger partial charge in [0, 0.05) is 11.8 Å². The number of fused-ring (bicyclic) bond motifs is 1. The largest absolute Gasteiger partial charge is 0.497 e. The first-order valence-electron chi connectivity index (χ1n) is 6.08. The van der Waals surface area contributed by atoms with E-state index in [1.165, 1.54) is 0 Å². The van der Waals surface area contributed by atoms with Gasteiger partial charge in [-0.3, -0.25) is 4.57 Å². The van der Waals surface area contributed by atoms with Crippen LogP contribution in [0, 0.1) is 6.92 Å². The summed E-state index contributed by atoms with van der Waals surface area (Å²) in [6.45, 7) is 1.98. The molecule has 0 saturated heterocycles. The molecule has 0 radical (unpaired) electrons. The fourth-order valence-electron chi connectivity index (χ4n) is 2.29. The van der Waals surface area contributed by atoms with E-state index in [1.54, 1.807) is 7.11 Å². The van der Waals surface area contributed by atoms with Gasteiger partial charge in [0.25, 0.3) is 0 Å². The molecule has 96 valence electrons. The van der Waals surface area contributed by atoms with Crippen LogP contribution in [0.15, 0.2) is 42.5 Å². The highest BCUT2D eigenvalue weighted by Gasteiger charge is 2.09. The molecule has 0 fully saturated rings. The van der Waals surface area contributed by atoms with Crippen molar-refractivity contribution in [1.29, 1.82) is 0 Å². The van der Waals surface area contributed by atoms with E-state index in [2.05, 4.69) is 9.55 Å². The zero-order chi connectivity index (χ0) is 13.4. The lowest BCUT2D eigenvalue weighted by atomic mass is 10.2. The molecule has 4 nitrogen and oxygen atoms in total. The van der Waals surface area contributed by atoms with Crippen molar-refractivity contribution in [1.82, 2.24) is 9.55 Å². The highest BCUT2D eigenvalue weighted by molar-refractivity contribution is 5.81. The van der Waals surface area contributed by atoms with Crippen LogP contribution in [0.3, 0.4) is 0 Å². The summed E-state index contributed by atoms with van der Waals surface area (Å²) in [5.41, 5.74) is 9.50. The zero-order valence-corrected chi connectivity index (χ0v) is 10.9. The normalized spacial score (nSPS) is 10.8. The number of nitrogen functional groups attached to an aromatic ring is 1. The smallest absolute Gasteiger partial charge is 0.120 e. The van der Waals surface area contributed by atoms with Gasteiger partial charge < -0.3 is 10.5 Å². The van der Waals surface area contributed by atoms with E-state index in [0.717, 1.165) is 34.0 Å². The Kier molecular flexibility index (Phi) is 2.63. The van der Waals surface area contributed by atoms with Crippen LogP contribution in [-0.2, 0) is 0 Å². The van der Waals surface area contributed by atoms with Gasteiger partial charge in [-0.2, -0.15) is 0 Å². The van der Waals surface area contributed by atoms with E-state index in [4.69, 9.17) is 10.5 Å². The van der Waals surface area contributed by atoms with Gasteiger partial charge in [0.05, 0.1) is 23.8 Å². The molecule has 0 aliphatic carbocycles. The topological polar surface area (TPSA) is 53.1 Å². The third-order valence-electron chi connectivity index (χ3n) is 3.16. The Labute approximate surface area is 111 Å². The predicted octanol–water partition coefficient (Wildman–Crippen LogP) is 2.92. The van der Waals surface area contributed by atoms with Crippen molar-refractivity contribution < 1.29 is 4.74 Å². The van der Waals surface area contributed by atoms with Crippen molar-refractivity contribution in [3.63, 3.8) is 0 Å². The second-order valence-corrected chi connectivity index (χ2v) is 4.44. The maximum Gasteiger partial charge on any atom is 0.120 e. The predicted molar refractivity (Wildman–Crippen MR) is 76.8 cm³/mol. The molecule has 19 heavy (non-hydrogen) atoms. The number of anilines is 1. The molecule has 0 saturated carbocycles. The summed E-state index contributed by atoms with van der Waals surface area (Å²) >= 11 is 0. The third-order valence-corrected chi connectivity index (χ3v) is 3.16. The van der Waals surface area contributed by atoms with E-state index in [0.29, 0.717) is 0 Å². The van der Waals surface area contributed by atoms with Crippen LogP contribution in [0.2, 0.25) is 0 Å². The minimum Gasteiger partial charge on any atom is -0.497 e. The van der Waals surface area contributed by atoms with Crippen molar-refractivity contribution in [2.75, 3.05) is 12.8 Å². The van der Waals surface area contributed by atoms with Crippen molar-refractivity contribution in [2.24, 2.45) is 0 Å². The number of aryl methyl sites for hydroxylation is 1.